The van der Waals surface area contributed by atoms with Crippen LogP contribution in [0.25, 0.3) is 0 Å². The van der Waals surface area contributed by atoms with Gasteiger partial charge in [0.1, 0.15) is 5.84 Å². The van der Waals surface area contributed by atoms with E-state index < -0.39 is 16.3 Å². The monoisotopic (exact) mass is 278 g/mol. The molecule has 0 aromatic heterocycles. The third-order valence-corrected chi connectivity index (χ3v) is 4.90. The van der Waals surface area contributed by atoms with Gasteiger partial charge in [-0.25, -0.2) is 0 Å². The number of amidine groups is 1. The second-order valence-corrected chi connectivity index (χ2v) is 6.43. The molecule has 0 amide bonds. The Bertz CT molecular complexity index is 396. The zero-order valence-corrected chi connectivity index (χ0v) is 11.7. The van der Waals surface area contributed by atoms with Gasteiger partial charge in [0.2, 0.25) is 0 Å². The fraction of sp³-hybridized carbons (Fsp3) is 0.900. The van der Waals surface area contributed by atoms with Gasteiger partial charge in [0.15, 0.2) is 0 Å². The summed E-state index contributed by atoms with van der Waals surface area (Å²) < 4.78 is 28.3. The molecule has 2 unspecified atom stereocenters. The topological polar surface area (TPSA) is 108 Å². The molecule has 0 radical (unpaired) electrons. The van der Waals surface area contributed by atoms with Crippen molar-refractivity contribution in [1.82, 2.24) is 9.03 Å². The van der Waals surface area contributed by atoms with Gasteiger partial charge in [-0.1, -0.05) is 11.6 Å². The molecule has 2 atom stereocenters. The van der Waals surface area contributed by atoms with Crippen molar-refractivity contribution >= 4 is 16.0 Å². The first-order valence-corrected chi connectivity index (χ1v) is 7.56. The minimum absolute atomic E-state index is 0.0110. The molecule has 0 aromatic carbocycles. The summed E-state index contributed by atoms with van der Waals surface area (Å²) in [7, 11) is -3.49. The largest absolute Gasteiger partial charge is 0.409 e. The highest BCUT2D eigenvalue weighted by Gasteiger charge is 2.30. The van der Waals surface area contributed by atoms with Crippen molar-refractivity contribution in [3.8, 4) is 0 Å². The second kappa shape index (κ2) is 6.35. The van der Waals surface area contributed by atoms with Crippen LogP contribution in [0.1, 0.15) is 39.5 Å². The number of oxime groups is 1. The van der Waals surface area contributed by atoms with Crippen LogP contribution in [0, 0.1) is 0 Å². The summed E-state index contributed by atoms with van der Waals surface area (Å²) in [6.45, 7) is 4.14. The predicted molar refractivity (Wildman–Crippen MR) is 69.6 cm³/mol. The zero-order chi connectivity index (χ0) is 13.8. The molecule has 0 spiro atoms. The maximum Gasteiger partial charge on any atom is 0.279 e. The first-order chi connectivity index (χ1) is 8.36. The van der Waals surface area contributed by atoms with Crippen molar-refractivity contribution in [1.29, 1.82) is 0 Å². The lowest BCUT2D eigenvalue weighted by molar-refractivity contribution is 0.264. The molecule has 0 aromatic rings. The average Bonchev–Trinajstić information content (AvgIpc) is 2.28. The molecule has 1 rings (SSSR count). The van der Waals surface area contributed by atoms with Crippen LogP contribution in [-0.2, 0) is 10.2 Å². The molecule has 1 aliphatic rings. The van der Waals surface area contributed by atoms with E-state index in [1.54, 1.807) is 6.92 Å². The van der Waals surface area contributed by atoms with Crippen molar-refractivity contribution in [3.05, 3.63) is 0 Å². The summed E-state index contributed by atoms with van der Waals surface area (Å²) in [6, 6.07) is -0.382. The zero-order valence-electron chi connectivity index (χ0n) is 10.8. The predicted octanol–water partition coefficient (Wildman–Crippen LogP) is 0.220. The molecule has 1 aliphatic heterocycles. The van der Waals surface area contributed by atoms with Crippen molar-refractivity contribution in [2.75, 3.05) is 6.54 Å². The van der Waals surface area contributed by atoms with Gasteiger partial charge in [-0.2, -0.15) is 17.4 Å². The Morgan fingerprint density at radius 1 is 1.61 bits per heavy atom. The van der Waals surface area contributed by atoms with Gasteiger partial charge >= 0.3 is 0 Å². The van der Waals surface area contributed by atoms with Gasteiger partial charge in [0.05, 0.1) is 0 Å². The Labute approximate surface area is 108 Å². The van der Waals surface area contributed by atoms with E-state index in [9.17, 15) is 8.42 Å². The van der Waals surface area contributed by atoms with E-state index in [0.717, 1.165) is 19.3 Å². The lowest BCUT2D eigenvalue weighted by Crippen LogP contribution is -2.50. The molecule has 1 saturated heterocycles. The van der Waals surface area contributed by atoms with Crippen LogP contribution >= 0.6 is 0 Å². The Morgan fingerprint density at radius 3 is 2.83 bits per heavy atom. The van der Waals surface area contributed by atoms with Gasteiger partial charge in [-0.15, -0.1) is 0 Å². The molecule has 8 heteroatoms. The Balaban J connectivity index is 2.63. The SMILES string of the molecule is CC(CC(N)=NO)NS(=O)(=O)N1CCCCC1C. The number of nitrogens with zero attached hydrogens (tertiary/aromatic N) is 2. The lowest BCUT2D eigenvalue weighted by Gasteiger charge is -2.33. The first kappa shape index (κ1) is 15.2. The maximum absolute atomic E-state index is 12.1. The summed E-state index contributed by atoms with van der Waals surface area (Å²) >= 11 is 0. The molecule has 1 heterocycles. The average molecular weight is 278 g/mol. The quantitative estimate of drug-likeness (QED) is 0.289. The summed E-state index contributed by atoms with van der Waals surface area (Å²) in [5, 5.41) is 11.3. The van der Waals surface area contributed by atoms with Crippen LogP contribution < -0.4 is 10.5 Å². The van der Waals surface area contributed by atoms with Crippen LogP contribution in [0.15, 0.2) is 5.16 Å². The number of rotatable bonds is 5. The summed E-state index contributed by atoms with van der Waals surface area (Å²) in [5.41, 5.74) is 5.35. The Hall–Kier alpha value is -0.860. The van der Waals surface area contributed by atoms with Crippen LogP contribution in [0.3, 0.4) is 0 Å². The van der Waals surface area contributed by atoms with Crippen LogP contribution in [-0.4, -0.2) is 42.4 Å². The molecule has 0 aliphatic carbocycles. The molecule has 0 bridgehead atoms. The molecular weight excluding hydrogens is 256 g/mol. The smallest absolute Gasteiger partial charge is 0.279 e. The van der Waals surface area contributed by atoms with Crippen LogP contribution in [0.5, 0.6) is 0 Å². The van der Waals surface area contributed by atoms with E-state index in [4.69, 9.17) is 10.9 Å². The number of hydrogen-bond donors (Lipinski definition) is 3. The van der Waals surface area contributed by atoms with Gasteiger partial charge in [-0.3, -0.25) is 0 Å². The molecule has 4 N–H and O–H groups in total. The Kier molecular flexibility index (Phi) is 5.36. The van der Waals surface area contributed by atoms with Gasteiger partial charge in [0.25, 0.3) is 10.2 Å². The van der Waals surface area contributed by atoms with Crippen molar-refractivity contribution < 1.29 is 13.6 Å². The minimum atomic E-state index is -3.49. The number of hydrogen-bond acceptors (Lipinski definition) is 4. The third-order valence-electron chi connectivity index (χ3n) is 3.04. The highest BCUT2D eigenvalue weighted by molar-refractivity contribution is 7.87. The van der Waals surface area contributed by atoms with E-state index in [1.165, 1.54) is 4.31 Å². The van der Waals surface area contributed by atoms with E-state index in [-0.39, 0.29) is 18.3 Å². The van der Waals surface area contributed by atoms with Crippen molar-refractivity contribution in [3.63, 3.8) is 0 Å². The van der Waals surface area contributed by atoms with Gasteiger partial charge < -0.3 is 10.9 Å². The second-order valence-electron chi connectivity index (χ2n) is 4.77. The fourth-order valence-corrected chi connectivity index (χ4v) is 3.82. The van der Waals surface area contributed by atoms with Gasteiger partial charge in [0, 0.05) is 25.0 Å². The standard InChI is InChI=1S/C10H22N4O3S/c1-8(7-10(11)12-15)13-18(16,17)14-6-4-3-5-9(14)2/h8-9,13,15H,3-7H2,1-2H3,(H2,11,12). The van der Waals surface area contributed by atoms with Crippen molar-refractivity contribution in [2.45, 2.75) is 51.6 Å². The third kappa shape index (κ3) is 4.11. The number of nitrogens with one attached hydrogen (secondary N) is 1. The van der Waals surface area contributed by atoms with Crippen LogP contribution in [0.4, 0.5) is 0 Å². The van der Waals surface area contributed by atoms with E-state index >= 15 is 0 Å². The first-order valence-electron chi connectivity index (χ1n) is 6.12. The number of nitrogens with two attached hydrogens (primary N) is 1. The lowest BCUT2D eigenvalue weighted by atomic mass is 10.1. The van der Waals surface area contributed by atoms with Gasteiger partial charge in [-0.05, 0) is 26.7 Å². The van der Waals surface area contributed by atoms with Crippen molar-refractivity contribution in [2.24, 2.45) is 10.9 Å². The molecule has 18 heavy (non-hydrogen) atoms. The molecule has 106 valence electrons. The number of piperidine rings is 1. The summed E-state index contributed by atoms with van der Waals surface area (Å²) in [5.74, 6) is 0.0110. The minimum Gasteiger partial charge on any atom is -0.409 e. The molecule has 7 nitrogen and oxygen atoms in total. The van der Waals surface area contributed by atoms with E-state index in [1.807, 2.05) is 6.92 Å². The normalized spacial score (nSPS) is 25.0. The maximum atomic E-state index is 12.1. The van der Waals surface area contributed by atoms with E-state index in [2.05, 4.69) is 9.88 Å². The van der Waals surface area contributed by atoms with Crippen LogP contribution in [0.2, 0.25) is 0 Å². The fourth-order valence-electron chi connectivity index (χ4n) is 2.15. The molecule has 1 fully saturated rings. The Morgan fingerprint density at radius 2 is 2.28 bits per heavy atom. The van der Waals surface area contributed by atoms with E-state index in [0.29, 0.717) is 6.54 Å². The summed E-state index contributed by atoms with van der Waals surface area (Å²) in [6.07, 6.45) is 3.01. The summed E-state index contributed by atoms with van der Waals surface area (Å²) in [4.78, 5) is 0. The highest BCUT2D eigenvalue weighted by Crippen LogP contribution is 2.19. The molecular formula is C10H22N4O3S. The highest BCUT2D eigenvalue weighted by atomic mass is 32.2. The molecule has 0 saturated carbocycles.